The molecule has 2 heteroatoms. The number of nitrogens with two attached hydrogens (primary N) is 1. The second-order valence-corrected chi connectivity index (χ2v) is 6.33. The summed E-state index contributed by atoms with van der Waals surface area (Å²) in [5.74, 6) is 1.64. The molecule has 17 heavy (non-hydrogen) atoms. The summed E-state index contributed by atoms with van der Waals surface area (Å²) < 4.78 is 0. The number of rotatable bonds is 5. The fourth-order valence-corrected chi connectivity index (χ4v) is 3.39. The lowest BCUT2D eigenvalue weighted by atomic mass is 9.71. The van der Waals surface area contributed by atoms with E-state index < -0.39 is 0 Å². The van der Waals surface area contributed by atoms with Crippen LogP contribution >= 0.6 is 0 Å². The Hall–Kier alpha value is -0.0800. The van der Waals surface area contributed by atoms with Crippen LogP contribution in [0, 0.1) is 11.8 Å². The van der Waals surface area contributed by atoms with Crippen LogP contribution < -0.4 is 5.73 Å². The van der Waals surface area contributed by atoms with E-state index in [2.05, 4.69) is 39.8 Å². The molecule has 0 radical (unpaired) electrons. The van der Waals surface area contributed by atoms with Crippen LogP contribution in [0.4, 0.5) is 0 Å². The number of hydrogen-bond donors (Lipinski definition) is 1. The van der Waals surface area contributed by atoms with Gasteiger partial charge < -0.3 is 10.6 Å². The summed E-state index contributed by atoms with van der Waals surface area (Å²) in [5.41, 5.74) is 6.77. The highest BCUT2D eigenvalue weighted by molar-refractivity contribution is 4.97. The predicted molar refractivity (Wildman–Crippen MR) is 76.1 cm³/mol. The van der Waals surface area contributed by atoms with Crippen molar-refractivity contribution >= 4 is 0 Å². The molecule has 0 saturated heterocycles. The normalized spacial score (nSPS) is 31.2. The van der Waals surface area contributed by atoms with Crippen molar-refractivity contribution < 1.29 is 0 Å². The zero-order valence-corrected chi connectivity index (χ0v) is 12.5. The molecule has 1 aliphatic rings. The molecule has 1 aliphatic carbocycles. The summed E-state index contributed by atoms with van der Waals surface area (Å²) in [4.78, 5) is 2.33. The van der Waals surface area contributed by atoms with Crippen molar-refractivity contribution in [2.75, 3.05) is 14.1 Å². The molecule has 0 aromatic heterocycles. The lowest BCUT2D eigenvalue weighted by molar-refractivity contribution is 0.0784. The van der Waals surface area contributed by atoms with Crippen LogP contribution in [0.25, 0.3) is 0 Å². The van der Waals surface area contributed by atoms with Gasteiger partial charge in [0, 0.05) is 11.6 Å². The SMILES string of the molecule is CCC1CCCC(C(N)C(C)(CC)N(C)C)C1. The van der Waals surface area contributed by atoms with Crippen LogP contribution in [0.2, 0.25) is 0 Å². The quantitative estimate of drug-likeness (QED) is 0.799. The summed E-state index contributed by atoms with van der Waals surface area (Å²) >= 11 is 0. The van der Waals surface area contributed by atoms with Crippen molar-refractivity contribution in [3.8, 4) is 0 Å². The molecule has 1 rings (SSSR count). The summed E-state index contributed by atoms with van der Waals surface area (Å²) in [5, 5.41) is 0. The van der Waals surface area contributed by atoms with Crippen LogP contribution in [0.3, 0.4) is 0 Å². The van der Waals surface area contributed by atoms with Crippen molar-refractivity contribution in [3.05, 3.63) is 0 Å². The van der Waals surface area contributed by atoms with Gasteiger partial charge in [0.25, 0.3) is 0 Å². The van der Waals surface area contributed by atoms with E-state index in [1.165, 1.54) is 32.1 Å². The third-order valence-electron chi connectivity index (χ3n) is 5.36. The van der Waals surface area contributed by atoms with Crippen LogP contribution in [-0.2, 0) is 0 Å². The largest absolute Gasteiger partial charge is 0.326 e. The second-order valence-electron chi connectivity index (χ2n) is 6.33. The number of likely N-dealkylation sites (N-methyl/N-ethyl adjacent to an activating group) is 1. The highest BCUT2D eigenvalue weighted by atomic mass is 15.2. The van der Waals surface area contributed by atoms with Crippen molar-refractivity contribution in [1.29, 1.82) is 0 Å². The van der Waals surface area contributed by atoms with Gasteiger partial charge in [-0.15, -0.1) is 0 Å². The fourth-order valence-electron chi connectivity index (χ4n) is 3.39. The van der Waals surface area contributed by atoms with Crippen LogP contribution in [0.1, 0.15) is 59.3 Å². The van der Waals surface area contributed by atoms with Gasteiger partial charge in [0.15, 0.2) is 0 Å². The molecule has 0 heterocycles. The van der Waals surface area contributed by atoms with Gasteiger partial charge in [0.2, 0.25) is 0 Å². The zero-order chi connectivity index (χ0) is 13.1. The minimum absolute atomic E-state index is 0.153. The summed E-state index contributed by atoms with van der Waals surface area (Å²) in [6, 6.07) is 0.317. The minimum atomic E-state index is 0.153. The monoisotopic (exact) mass is 240 g/mol. The van der Waals surface area contributed by atoms with E-state index in [9.17, 15) is 0 Å². The molecule has 1 fully saturated rings. The van der Waals surface area contributed by atoms with Crippen LogP contribution in [0.15, 0.2) is 0 Å². The third-order valence-corrected chi connectivity index (χ3v) is 5.36. The maximum Gasteiger partial charge on any atom is 0.0326 e. The van der Waals surface area contributed by atoms with Gasteiger partial charge >= 0.3 is 0 Å². The Labute approximate surface area is 108 Å². The third kappa shape index (κ3) is 3.23. The van der Waals surface area contributed by atoms with E-state index in [1.807, 2.05) is 0 Å². The number of hydrogen-bond acceptors (Lipinski definition) is 2. The molecule has 102 valence electrons. The first kappa shape index (κ1) is 15.0. The van der Waals surface area contributed by atoms with Gasteiger partial charge in [0.05, 0.1) is 0 Å². The molecule has 2 nitrogen and oxygen atoms in total. The Morgan fingerprint density at radius 2 is 1.94 bits per heavy atom. The number of nitrogens with zero attached hydrogens (tertiary/aromatic N) is 1. The Morgan fingerprint density at radius 3 is 2.41 bits per heavy atom. The first-order chi connectivity index (χ1) is 7.95. The van der Waals surface area contributed by atoms with E-state index in [1.54, 1.807) is 0 Å². The topological polar surface area (TPSA) is 29.3 Å². The molecule has 4 atom stereocenters. The van der Waals surface area contributed by atoms with Gasteiger partial charge in [-0.25, -0.2) is 0 Å². The molecule has 0 spiro atoms. The Kier molecular flexibility index (Phi) is 5.46. The van der Waals surface area contributed by atoms with E-state index in [-0.39, 0.29) is 5.54 Å². The van der Waals surface area contributed by atoms with Crippen molar-refractivity contribution in [1.82, 2.24) is 4.90 Å². The van der Waals surface area contributed by atoms with Gasteiger partial charge in [-0.2, -0.15) is 0 Å². The Morgan fingerprint density at radius 1 is 1.29 bits per heavy atom. The lowest BCUT2D eigenvalue weighted by Crippen LogP contribution is -2.58. The maximum atomic E-state index is 6.61. The van der Waals surface area contributed by atoms with Crippen LogP contribution in [0.5, 0.6) is 0 Å². The highest BCUT2D eigenvalue weighted by Gasteiger charge is 2.38. The molecule has 0 aromatic carbocycles. The van der Waals surface area contributed by atoms with E-state index in [0.29, 0.717) is 6.04 Å². The average Bonchev–Trinajstić information content (AvgIpc) is 2.36. The standard InChI is InChI=1S/C15H32N2/c1-6-12-9-8-10-13(11-12)14(16)15(3,7-2)17(4)5/h12-14H,6-11,16H2,1-5H3. The Balaban J connectivity index is 2.70. The van der Waals surface area contributed by atoms with E-state index in [4.69, 9.17) is 5.73 Å². The average molecular weight is 240 g/mol. The molecular formula is C15H32N2. The zero-order valence-electron chi connectivity index (χ0n) is 12.5. The fraction of sp³-hybridized carbons (Fsp3) is 1.00. The molecular weight excluding hydrogens is 208 g/mol. The summed E-state index contributed by atoms with van der Waals surface area (Å²) in [6.07, 6.45) is 7.94. The van der Waals surface area contributed by atoms with Crippen molar-refractivity contribution in [3.63, 3.8) is 0 Å². The van der Waals surface area contributed by atoms with Gasteiger partial charge in [0.1, 0.15) is 0 Å². The predicted octanol–water partition coefficient (Wildman–Crippen LogP) is 3.26. The first-order valence-corrected chi connectivity index (χ1v) is 7.38. The van der Waals surface area contributed by atoms with Crippen molar-refractivity contribution in [2.24, 2.45) is 17.6 Å². The molecule has 0 aliphatic heterocycles. The van der Waals surface area contributed by atoms with E-state index >= 15 is 0 Å². The second kappa shape index (κ2) is 6.19. The van der Waals surface area contributed by atoms with Crippen molar-refractivity contribution in [2.45, 2.75) is 70.9 Å². The first-order valence-electron chi connectivity index (χ1n) is 7.38. The maximum absolute atomic E-state index is 6.61. The Bertz CT molecular complexity index is 227. The van der Waals surface area contributed by atoms with E-state index in [0.717, 1.165) is 18.3 Å². The van der Waals surface area contributed by atoms with Gasteiger partial charge in [-0.05, 0) is 52.1 Å². The smallest absolute Gasteiger partial charge is 0.0326 e. The molecule has 2 N–H and O–H groups in total. The van der Waals surface area contributed by atoms with Crippen LogP contribution in [-0.4, -0.2) is 30.6 Å². The van der Waals surface area contributed by atoms with Gasteiger partial charge in [-0.1, -0.05) is 33.1 Å². The molecule has 0 bridgehead atoms. The van der Waals surface area contributed by atoms with Gasteiger partial charge in [-0.3, -0.25) is 0 Å². The lowest BCUT2D eigenvalue weighted by Gasteiger charge is -2.46. The minimum Gasteiger partial charge on any atom is -0.326 e. The molecule has 4 unspecified atom stereocenters. The summed E-state index contributed by atoms with van der Waals surface area (Å²) in [7, 11) is 4.34. The molecule has 0 amide bonds. The highest BCUT2D eigenvalue weighted by Crippen LogP contribution is 2.37. The molecule has 1 saturated carbocycles. The summed E-state index contributed by atoms with van der Waals surface area (Å²) in [6.45, 7) is 6.91. The molecule has 0 aromatic rings.